The molecule has 0 aliphatic rings. The number of amides is 1. The third-order valence-electron chi connectivity index (χ3n) is 5.14. The highest BCUT2D eigenvalue weighted by Gasteiger charge is 2.22. The summed E-state index contributed by atoms with van der Waals surface area (Å²) in [6.45, 7) is 3.95. The molecule has 0 rings (SSSR count). The highest BCUT2D eigenvalue weighted by molar-refractivity contribution is 7.45. The molecule has 2 N–H and O–H groups in total. The number of aliphatic hydroxyl groups is 1. The topological polar surface area (TPSA) is 108 Å². The predicted octanol–water partition coefficient (Wildman–Crippen LogP) is 4.26. The van der Waals surface area contributed by atoms with E-state index in [1.165, 1.54) is 19.3 Å². The molecule has 0 aliphatic carbocycles. The van der Waals surface area contributed by atoms with Crippen LogP contribution in [0.2, 0.25) is 0 Å². The fourth-order valence-electron chi connectivity index (χ4n) is 2.91. The first-order valence-corrected chi connectivity index (χ1v) is 14.3. The first-order valence-electron chi connectivity index (χ1n) is 12.9. The molecule has 9 heteroatoms. The van der Waals surface area contributed by atoms with Crippen molar-refractivity contribution in [3.8, 4) is 0 Å². The molecule has 8 nitrogen and oxygen atoms in total. The number of unbranched alkanes of at least 4 members (excludes halogenated alkanes) is 5. The Morgan fingerprint density at radius 3 is 2.09 bits per heavy atom. The zero-order valence-electron chi connectivity index (χ0n) is 22.5. The maximum absolute atomic E-state index is 12.0. The Hall–Kier alpha value is -1.28. The van der Waals surface area contributed by atoms with Gasteiger partial charge in [-0.15, -0.1) is 0 Å². The second-order valence-corrected chi connectivity index (χ2v) is 11.0. The standard InChI is InChI=1S/C26H49N2O6P/c1-6-8-9-10-11-12-13-14-15-16-17-18-19-20-25(29)24(27-26(30)7-2)23-34-35(31,32)33-22-21-28(3,4)5/h11-12,15-16,19-20,24-25,29H,6-10,13-14,17-18,21-23H2,1-5H3,(H-,27,30,31,32)/b12-11+,16-15+,20-19+. The molecule has 0 aromatic rings. The molecular weight excluding hydrogens is 467 g/mol. The summed E-state index contributed by atoms with van der Waals surface area (Å²) in [5.74, 6) is -0.305. The van der Waals surface area contributed by atoms with Gasteiger partial charge in [-0.2, -0.15) is 0 Å². The van der Waals surface area contributed by atoms with Crippen molar-refractivity contribution in [2.24, 2.45) is 0 Å². The van der Waals surface area contributed by atoms with Gasteiger partial charge in [0, 0.05) is 6.42 Å². The number of carbonyl (C=O) groups excluding carboxylic acids is 1. The number of nitrogens with zero attached hydrogens (tertiary/aromatic N) is 1. The van der Waals surface area contributed by atoms with Gasteiger partial charge >= 0.3 is 0 Å². The van der Waals surface area contributed by atoms with Crippen LogP contribution < -0.4 is 10.2 Å². The minimum Gasteiger partial charge on any atom is -0.756 e. The van der Waals surface area contributed by atoms with E-state index in [4.69, 9.17) is 9.05 Å². The van der Waals surface area contributed by atoms with Gasteiger partial charge in [0.15, 0.2) is 0 Å². The summed E-state index contributed by atoms with van der Waals surface area (Å²) < 4.78 is 22.4. The van der Waals surface area contributed by atoms with Gasteiger partial charge in [0.05, 0.1) is 39.9 Å². The molecule has 1 amide bonds. The van der Waals surface area contributed by atoms with Crippen LogP contribution in [0.4, 0.5) is 0 Å². The zero-order valence-corrected chi connectivity index (χ0v) is 23.4. The molecule has 3 atom stereocenters. The highest BCUT2D eigenvalue weighted by Crippen LogP contribution is 2.38. The molecule has 35 heavy (non-hydrogen) atoms. The number of rotatable bonds is 21. The van der Waals surface area contributed by atoms with Gasteiger partial charge in [-0.25, -0.2) is 0 Å². The van der Waals surface area contributed by atoms with Gasteiger partial charge < -0.3 is 28.8 Å². The van der Waals surface area contributed by atoms with Crippen molar-refractivity contribution >= 4 is 13.7 Å². The minimum atomic E-state index is -4.54. The average molecular weight is 517 g/mol. The van der Waals surface area contributed by atoms with E-state index >= 15 is 0 Å². The minimum absolute atomic E-state index is 0.0124. The van der Waals surface area contributed by atoms with Crippen LogP contribution in [0.15, 0.2) is 36.5 Å². The lowest BCUT2D eigenvalue weighted by molar-refractivity contribution is -0.870. The number of hydrogen-bond acceptors (Lipinski definition) is 6. The number of likely N-dealkylation sites (N-methyl/N-ethyl adjacent to an activating group) is 1. The van der Waals surface area contributed by atoms with E-state index < -0.39 is 26.6 Å². The van der Waals surface area contributed by atoms with E-state index in [1.54, 1.807) is 13.0 Å². The summed E-state index contributed by atoms with van der Waals surface area (Å²) >= 11 is 0. The zero-order chi connectivity index (χ0) is 26.6. The maximum atomic E-state index is 12.0. The first-order chi connectivity index (χ1) is 16.5. The molecule has 0 bridgehead atoms. The lowest BCUT2D eigenvalue weighted by Crippen LogP contribution is -2.45. The Balaban J connectivity index is 4.45. The Labute approximate surface area is 213 Å². The van der Waals surface area contributed by atoms with Crippen LogP contribution in [0.1, 0.15) is 71.6 Å². The molecule has 0 heterocycles. The SMILES string of the molecule is CCCCC/C=C/CC/C=C/CC/C=C/C(O)C(COP(=O)([O-])OCC[N+](C)(C)C)NC(=O)CC. The van der Waals surface area contributed by atoms with Crippen molar-refractivity contribution in [1.82, 2.24) is 5.32 Å². The molecule has 0 aromatic carbocycles. The van der Waals surface area contributed by atoms with E-state index in [-0.39, 0.29) is 18.9 Å². The summed E-state index contributed by atoms with van der Waals surface area (Å²) in [4.78, 5) is 23.9. The van der Waals surface area contributed by atoms with Gasteiger partial charge in [0.2, 0.25) is 5.91 Å². The third-order valence-corrected chi connectivity index (χ3v) is 6.11. The van der Waals surface area contributed by atoms with Crippen LogP contribution in [0.3, 0.4) is 0 Å². The lowest BCUT2D eigenvalue weighted by atomic mass is 10.1. The summed E-state index contributed by atoms with van der Waals surface area (Å²) in [7, 11) is 1.21. The summed E-state index contributed by atoms with van der Waals surface area (Å²) in [6, 6.07) is -0.900. The molecule has 0 aromatic heterocycles. The Morgan fingerprint density at radius 2 is 1.54 bits per heavy atom. The van der Waals surface area contributed by atoms with Gasteiger partial charge in [-0.1, -0.05) is 63.1 Å². The van der Waals surface area contributed by atoms with E-state index in [0.717, 1.165) is 32.1 Å². The van der Waals surface area contributed by atoms with Crippen molar-refractivity contribution in [2.75, 3.05) is 40.9 Å². The van der Waals surface area contributed by atoms with Crippen molar-refractivity contribution < 1.29 is 32.9 Å². The molecule has 0 aliphatic heterocycles. The normalized spacial score (nSPS) is 16.2. The molecule has 0 radical (unpaired) electrons. The number of aliphatic hydroxyl groups excluding tert-OH is 1. The van der Waals surface area contributed by atoms with Gasteiger partial charge in [0.25, 0.3) is 7.82 Å². The van der Waals surface area contributed by atoms with E-state index in [0.29, 0.717) is 11.0 Å². The number of allylic oxidation sites excluding steroid dienone is 5. The number of hydrogen-bond donors (Lipinski definition) is 2. The third kappa shape index (κ3) is 21.7. The van der Waals surface area contributed by atoms with E-state index in [9.17, 15) is 19.4 Å². The molecule has 0 spiro atoms. The molecule has 204 valence electrons. The fraction of sp³-hybridized carbons (Fsp3) is 0.731. The average Bonchev–Trinajstić information content (AvgIpc) is 2.78. The molecule has 0 saturated carbocycles. The number of quaternary nitrogens is 1. The van der Waals surface area contributed by atoms with Crippen LogP contribution in [-0.4, -0.2) is 68.5 Å². The quantitative estimate of drug-likeness (QED) is 0.102. The lowest BCUT2D eigenvalue weighted by Gasteiger charge is -2.29. The van der Waals surface area contributed by atoms with Crippen molar-refractivity contribution in [2.45, 2.75) is 83.8 Å². The van der Waals surface area contributed by atoms with Crippen molar-refractivity contribution in [3.05, 3.63) is 36.5 Å². The van der Waals surface area contributed by atoms with Gasteiger partial charge in [0.1, 0.15) is 13.2 Å². The highest BCUT2D eigenvalue weighted by atomic mass is 31.2. The summed E-state index contributed by atoms with van der Waals surface area (Å²) in [6.07, 6.45) is 19.8. The monoisotopic (exact) mass is 516 g/mol. The predicted molar refractivity (Wildman–Crippen MR) is 141 cm³/mol. The first kappa shape index (κ1) is 33.7. The van der Waals surface area contributed by atoms with E-state index in [2.05, 4.69) is 36.5 Å². The smallest absolute Gasteiger partial charge is 0.268 e. The maximum Gasteiger partial charge on any atom is 0.268 e. The number of phosphoric acid groups is 1. The Kier molecular flexibility index (Phi) is 19.1. The Bertz CT molecular complexity index is 688. The van der Waals surface area contributed by atoms with Crippen molar-refractivity contribution in [3.63, 3.8) is 0 Å². The second kappa shape index (κ2) is 19.9. The Morgan fingerprint density at radius 1 is 0.971 bits per heavy atom. The van der Waals surface area contributed by atoms with Crippen LogP contribution in [0.25, 0.3) is 0 Å². The number of carbonyl (C=O) groups is 1. The van der Waals surface area contributed by atoms with Crippen molar-refractivity contribution in [1.29, 1.82) is 0 Å². The second-order valence-electron chi connectivity index (χ2n) is 9.63. The van der Waals surface area contributed by atoms with Crippen LogP contribution >= 0.6 is 7.82 Å². The van der Waals surface area contributed by atoms with E-state index in [1.807, 2.05) is 27.2 Å². The van der Waals surface area contributed by atoms with Gasteiger partial charge in [-0.3, -0.25) is 9.36 Å². The number of nitrogens with one attached hydrogen (secondary N) is 1. The van der Waals surface area contributed by atoms with Gasteiger partial charge in [-0.05, 0) is 38.5 Å². The van der Waals surface area contributed by atoms with Crippen LogP contribution in [-0.2, 0) is 18.4 Å². The van der Waals surface area contributed by atoms with Crippen LogP contribution in [0.5, 0.6) is 0 Å². The largest absolute Gasteiger partial charge is 0.756 e. The molecule has 0 fully saturated rings. The molecular formula is C26H49N2O6P. The molecule has 0 saturated heterocycles. The van der Waals surface area contributed by atoms with Crippen LogP contribution in [0, 0.1) is 0 Å². The summed E-state index contributed by atoms with van der Waals surface area (Å²) in [5.41, 5.74) is 0. The number of phosphoric ester groups is 1. The summed E-state index contributed by atoms with van der Waals surface area (Å²) in [5, 5.41) is 13.1. The molecule has 3 unspecified atom stereocenters. The fourth-order valence-corrected chi connectivity index (χ4v) is 3.63.